The molecule has 1 aromatic heterocycles. The van der Waals surface area contributed by atoms with Crippen LogP contribution in [0.3, 0.4) is 0 Å². The van der Waals surface area contributed by atoms with Crippen LogP contribution in [0.2, 0.25) is 0 Å². The standard InChI is InChI=1S/C18H24N2O4/c1-12-15(17(23)20-9-7-14(21)8-10-20)6-5-13(19-12)11-16(22)24-18(2,3)4/h5-6H,7-11H2,1-4H3. The molecule has 0 atom stereocenters. The highest BCUT2D eigenvalue weighted by Gasteiger charge is 2.24. The minimum atomic E-state index is -0.534. The highest BCUT2D eigenvalue weighted by atomic mass is 16.6. The molecule has 1 fully saturated rings. The van der Waals surface area contributed by atoms with Gasteiger partial charge in [0, 0.05) is 25.9 Å². The first-order valence-electron chi connectivity index (χ1n) is 8.15. The largest absolute Gasteiger partial charge is 0.460 e. The van der Waals surface area contributed by atoms with Crippen molar-refractivity contribution in [2.45, 2.75) is 52.6 Å². The second kappa shape index (κ2) is 7.11. The lowest BCUT2D eigenvalue weighted by atomic mass is 10.1. The van der Waals surface area contributed by atoms with Crippen LogP contribution < -0.4 is 0 Å². The second-order valence-corrected chi connectivity index (χ2v) is 7.03. The number of Topliss-reactive ketones (excluding diaryl/α,β-unsaturated/α-hetero) is 1. The van der Waals surface area contributed by atoms with Gasteiger partial charge < -0.3 is 9.64 Å². The molecule has 1 amide bonds. The Bertz CT molecular complexity index is 651. The number of carbonyl (C=O) groups excluding carboxylic acids is 3. The van der Waals surface area contributed by atoms with E-state index in [0.717, 1.165) is 0 Å². The highest BCUT2D eigenvalue weighted by Crippen LogP contribution is 2.15. The van der Waals surface area contributed by atoms with Gasteiger partial charge in [0.1, 0.15) is 11.4 Å². The fourth-order valence-corrected chi connectivity index (χ4v) is 2.59. The molecule has 1 aliphatic heterocycles. The third-order valence-electron chi connectivity index (χ3n) is 3.73. The fraction of sp³-hybridized carbons (Fsp3) is 0.556. The lowest BCUT2D eigenvalue weighted by Crippen LogP contribution is -2.39. The van der Waals surface area contributed by atoms with E-state index in [0.29, 0.717) is 42.9 Å². The van der Waals surface area contributed by atoms with Crippen LogP contribution >= 0.6 is 0 Å². The summed E-state index contributed by atoms with van der Waals surface area (Å²) >= 11 is 0. The molecule has 0 N–H and O–H groups in total. The minimum Gasteiger partial charge on any atom is -0.460 e. The van der Waals surface area contributed by atoms with Crippen molar-refractivity contribution in [1.29, 1.82) is 0 Å². The molecule has 2 rings (SSSR count). The van der Waals surface area contributed by atoms with Crippen molar-refractivity contribution < 1.29 is 19.1 Å². The number of likely N-dealkylation sites (tertiary alicyclic amines) is 1. The van der Waals surface area contributed by atoms with Gasteiger partial charge in [-0.05, 0) is 39.8 Å². The van der Waals surface area contributed by atoms with Crippen molar-refractivity contribution in [3.8, 4) is 0 Å². The van der Waals surface area contributed by atoms with Gasteiger partial charge in [0.05, 0.1) is 23.4 Å². The van der Waals surface area contributed by atoms with Crippen LogP contribution in [-0.2, 0) is 20.7 Å². The lowest BCUT2D eigenvalue weighted by molar-refractivity contribution is -0.154. The van der Waals surface area contributed by atoms with Crippen molar-refractivity contribution in [3.05, 3.63) is 29.1 Å². The topological polar surface area (TPSA) is 76.6 Å². The van der Waals surface area contributed by atoms with Crippen molar-refractivity contribution >= 4 is 17.7 Å². The maximum atomic E-state index is 12.5. The molecule has 0 spiro atoms. The third kappa shape index (κ3) is 4.88. The van der Waals surface area contributed by atoms with E-state index in [4.69, 9.17) is 4.74 Å². The average molecular weight is 332 g/mol. The van der Waals surface area contributed by atoms with Crippen molar-refractivity contribution in [3.63, 3.8) is 0 Å². The van der Waals surface area contributed by atoms with E-state index >= 15 is 0 Å². The summed E-state index contributed by atoms with van der Waals surface area (Å²) in [5, 5.41) is 0. The molecule has 2 heterocycles. The summed E-state index contributed by atoms with van der Waals surface area (Å²) in [6, 6.07) is 3.38. The van der Waals surface area contributed by atoms with Crippen molar-refractivity contribution in [2.75, 3.05) is 13.1 Å². The zero-order valence-electron chi connectivity index (χ0n) is 14.7. The lowest BCUT2D eigenvalue weighted by Gasteiger charge is -2.26. The smallest absolute Gasteiger partial charge is 0.312 e. The Morgan fingerprint density at radius 1 is 1.21 bits per heavy atom. The maximum Gasteiger partial charge on any atom is 0.312 e. The molecule has 130 valence electrons. The maximum absolute atomic E-state index is 12.5. The van der Waals surface area contributed by atoms with E-state index in [-0.39, 0.29) is 24.1 Å². The summed E-state index contributed by atoms with van der Waals surface area (Å²) in [5.74, 6) is -0.263. The normalized spacial score (nSPS) is 15.3. The number of esters is 1. The van der Waals surface area contributed by atoms with Gasteiger partial charge in [0.25, 0.3) is 5.91 Å². The summed E-state index contributed by atoms with van der Waals surface area (Å²) in [4.78, 5) is 41.7. The van der Waals surface area contributed by atoms with E-state index in [9.17, 15) is 14.4 Å². The quantitative estimate of drug-likeness (QED) is 0.792. The van der Waals surface area contributed by atoms with Gasteiger partial charge in [-0.15, -0.1) is 0 Å². The molecule has 0 bridgehead atoms. The molecule has 24 heavy (non-hydrogen) atoms. The molecule has 1 aromatic rings. The predicted octanol–water partition coefficient (Wildman–Crippen LogP) is 2.08. The number of aryl methyl sites for hydroxylation is 1. The Balaban J connectivity index is 2.05. The first-order chi connectivity index (χ1) is 11.2. The van der Waals surface area contributed by atoms with Gasteiger partial charge >= 0.3 is 5.97 Å². The van der Waals surface area contributed by atoms with E-state index < -0.39 is 5.60 Å². The Morgan fingerprint density at radius 2 is 1.83 bits per heavy atom. The zero-order chi connectivity index (χ0) is 17.9. The average Bonchev–Trinajstić information content (AvgIpc) is 2.45. The molecule has 0 aliphatic carbocycles. The van der Waals surface area contributed by atoms with Crippen LogP contribution in [0, 0.1) is 6.92 Å². The van der Waals surface area contributed by atoms with Crippen LogP contribution in [0.1, 0.15) is 55.4 Å². The number of aromatic nitrogens is 1. The Kier molecular flexibility index (Phi) is 5.36. The zero-order valence-corrected chi connectivity index (χ0v) is 14.7. The SMILES string of the molecule is Cc1nc(CC(=O)OC(C)(C)C)ccc1C(=O)N1CCC(=O)CC1. The number of pyridine rings is 1. The van der Waals surface area contributed by atoms with Crippen LogP contribution in [-0.4, -0.2) is 46.2 Å². The molecule has 0 aromatic carbocycles. The minimum absolute atomic E-state index is 0.0742. The first kappa shape index (κ1) is 18.1. The summed E-state index contributed by atoms with van der Waals surface area (Å²) in [6.07, 6.45) is 0.898. The van der Waals surface area contributed by atoms with Crippen LogP contribution in [0.15, 0.2) is 12.1 Å². The Labute approximate surface area is 142 Å². The summed E-state index contributed by atoms with van der Waals surface area (Å²) < 4.78 is 5.28. The van der Waals surface area contributed by atoms with E-state index in [1.807, 2.05) is 20.8 Å². The molecule has 0 radical (unpaired) electrons. The molecule has 0 unspecified atom stereocenters. The number of ketones is 1. The Hall–Kier alpha value is -2.24. The van der Waals surface area contributed by atoms with E-state index in [1.165, 1.54) is 0 Å². The number of rotatable bonds is 3. The number of piperidine rings is 1. The van der Waals surface area contributed by atoms with Crippen LogP contribution in [0.5, 0.6) is 0 Å². The summed E-state index contributed by atoms with van der Waals surface area (Å²) in [6.45, 7) is 8.10. The number of amides is 1. The molecule has 0 saturated carbocycles. The van der Waals surface area contributed by atoms with Crippen LogP contribution in [0.4, 0.5) is 0 Å². The monoisotopic (exact) mass is 332 g/mol. The molecule has 1 aliphatic rings. The summed E-state index contributed by atoms with van der Waals surface area (Å²) in [7, 11) is 0. The Morgan fingerprint density at radius 3 is 2.38 bits per heavy atom. The molecule has 1 saturated heterocycles. The van der Waals surface area contributed by atoms with E-state index in [1.54, 1.807) is 24.0 Å². The number of hydrogen-bond donors (Lipinski definition) is 0. The fourth-order valence-electron chi connectivity index (χ4n) is 2.59. The first-order valence-corrected chi connectivity index (χ1v) is 8.15. The molecule has 6 nitrogen and oxygen atoms in total. The van der Waals surface area contributed by atoms with E-state index in [2.05, 4.69) is 4.98 Å². The van der Waals surface area contributed by atoms with Gasteiger partial charge in [0.15, 0.2) is 0 Å². The number of hydrogen-bond acceptors (Lipinski definition) is 5. The molecular formula is C18H24N2O4. The van der Waals surface area contributed by atoms with Gasteiger partial charge in [0.2, 0.25) is 0 Å². The van der Waals surface area contributed by atoms with Crippen LogP contribution in [0.25, 0.3) is 0 Å². The number of ether oxygens (including phenoxy) is 1. The molecular weight excluding hydrogens is 308 g/mol. The second-order valence-electron chi connectivity index (χ2n) is 7.03. The van der Waals surface area contributed by atoms with Crippen molar-refractivity contribution in [2.24, 2.45) is 0 Å². The van der Waals surface area contributed by atoms with Gasteiger partial charge in [-0.25, -0.2) is 0 Å². The van der Waals surface area contributed by atoms with Gasteiger partial charge in [-0.2, -0.15) is 0 Å². The third-order valence-corrected chi connectivity index (χ3v) is 3.73. The summed E-state index contributed by atoms with van der Waals surface area (Å²) in [5.41, 5.74) is 1.13. The highest BCUT2D eigenvalue weighted by molar-refractivity contribution is 5.96. The van der Waals surface area contributed by atoms with Gasteiger partial charge in [-0.3, -0.25) is 19.4 Å². The predicted molar refractivity (Wildman–Crippen MR) is 88.7 cm³/mol. The molecule has 6 heteroatoms. The van der Waals surface area contributed by atoms with Crippen molar-refractivity contribution in [1.82, 2.24) is 9.88 Å². The number of carbonyl (C=O) groups is 3. The number of nitrogens with zero attached hydrogens (tertiary/aromatic N) is 2. The van der Waals surface area contributed by atoms with Gasteiger partial charge in [-0.1, -0.05) is 0 Å².